The van der Waals surface area contributed by atoms with Crippen molar-refractivity contribution in [3.05, 3.63) is 29.8 Å². The van der Waals surface area contributed by atoms with Crippen molar-refractivity contribution < 1.29 is 14.3 Å². The number of carbonyl (C=O) groups excluding carboxylic acids is 1. The first-order chi connectivity index (χ1) is 10.3. The summed E-state index contributed by atoms with van der Waals surface area (Å²) in [5.74, 6) is 0.851. The van der Waals surface area contributed by atoms with E-state index in [0.29, 0.717) is 0 Å². The number of amides is 1. The molecular formula is C16H24N2O3. The largest absolute Gasteiger partial charge is 0.494 e. The molecule has 0 aliphatic carbocycles. The van der Waals surface area contributed by atoms with Crippen LogP contribution in [-0.2, 0) is 4.74 Å². The van der Waals surface area contributed by atoms with Crippen molar-refractivity contribution in [3.8, 4) is 5.75 Å². The summed E-state index contributed by atoms with van der Waals surface area (Å²) in [4.78, 5) is 10.8. The summed E-state index contributed by atoms with van der Waals surface area (Å²) in [6.45, 7) is 2.96. The average Bonchev–Trinajstić information content (AvgIpc) is 2.52. The molecule has 0 heterocycles. The molecule has 5 heteroatoms. The van der Waals surface area contributed by atoms with Crippen molar-refractivity contribution in [2.75, 3.05) is 13.7 Å². The number of carbonyl (C=O) groups is 1. The van der Waals surface area contributed by atoms with Gasteiger partial charge in [-0.1, -0.05) is 32.6 Å². The van der Waals surface area contributed by atoms with Gasteiger partial charge in [-0.15, -0.1) is 0 Å². The van der Waals surface area contributed by atoms with Gasteiger partial charge in [-0.05, 0) is 36.2 Å². The lowest BCUT2D eigenvalue weighted by Gasteiger charge is -2.06. The highest BCUT2D eigenvalue weighted by Crippen LogP contribution is 2.12. The molecule has 0 atom stereocenters. The van der Waals surface area contributed by atoms with Crippen molar-refractivity contribution in [2.24, 2.45) is 5.10 Å². The predicted molar refractivity (Wildman–Crippen MR) is 83.8 cm³/mol. The maximum absolute atomic E-state index is 10.8. The molecule has 1 amide bonds. The molecule has 0 radical (unpaired) electrons. The lowest BCUT2D eigenvalue weighted by Crippen LogP contribution is -2.16. The zero-order chi connectivity index (χ0) is 15.3. The number of unbranched alkanes of at least 4 members (excludes halogenated alkanes) is 4. The first-order valence-electron chi connectivity index (χ1n) is 7.36. The molecule has 1 aromatic rings. The van der Waals surface area contributed by atoms with Gasteiger partial charge in [-0.25, -0.2) is 10.2 Å². The number of rotatable bonds is 9. The van der Waals surface area contributed by atoms with E-state index < -0.39 is 6.09 Å². The maximum atomic E-state index is 10.8. The molecule has 1 aromatic carbocycles. The Morgan fingerprint density at radius 3 is 2.57 bits per heavy atom. The molecular weight excluding hydrogens is 268 g/mol. The topological polar surface area (TPSA) is 59.9 Å². The number of benzene rings is 1. The number of hydrogen-bond donors (Lipinski definition) is 1. The van der Waals surface area contributed by atoms with Gasteiger partial charge in [0.05, 0.1) is 19.9 Å². The minimum Gasteiger partial charge on any atom is -0.494 e. The fourth-order valence-electron chi connectivity index (χ4n) is 1.75. The molecule has 0 fully saturated rings. The Hall–Kier alpha value is -2.04. The molecule has 0 aliphatic rings. The summed E-state index contributed by atoms with van der Waals surface area (Å²) >= 11 is 0. The van der Waals surface area contributed by atoms with Gasteiger partial charge < -0.3 is 9.47 Å². The van der Waals surface area contributed by atoms with Gasteiger partial charge >= 0.3 is 6.09 Å². The van der Waals surface area contributed by atoms with E-state index in [2.05, 4.69) is 22.2 Å². The summed E-state index contributed by atoms with van der Waals surface area (Å²) < 4.78 is 10.1. The fraction of sp³-hybridized carbons (Fsp3) is 0.500. The van der Waals surface area contributed by atoms with Gasteiger partial charge in [-0.2, -0.15) is 5.10 Å². The van der Waals surface area contributed by atoms with E-state index in [1.165, 1.54) is 32.8 Å². The van der Waals surface area contributed by atoms with E-state index >= 15 is 0 Å². The Bertz CT molecular complexity index is 430. The number of ether oxygens (including phenoxy) is 2. The molecule has 0 aliphatic heterocycles. The Morgan fingerprint density at radius 1 is 1.19 bits per heavy atom. The molecule has 0 spiro atoms. The second-order valence-electron chi connectivity index (χ2n) is 4.69. The highest BCUT2D eigenvalue weighted by Gasteiger charge is 1.96. The summed E-state index contributed by atoms with van der Waals surface area (Å²) in [5, 5.41) is 3.76. The minimum atomic E-state index is -0.589. The quantitative estimate of drug-likeness (QED) is 0.428. The van der Waals surface area contributed by atoms with Gasteiger partial charge in [0, 0.05) is 0 Å². The van der Waals surface area contributed by atoms with E-state index in [1.54, 1.807) is 6.21 Å². The van der Waals surface area contributed by atoms with Crippen LogP contribution >= 0.6 is 0 Å². The SMILES string of the molecule is CCCCCCCOc1ccc(/C=N/NC(=O)OC)cc1. The lowest BCUT2D eigenvalue weighted by atomic mass is 10.2. The highest BCUT2D eigenvalue weighted by molar-refractivity contribution is 5.80. The molecule has 5 nitrogen and oxygen atoms in total. The first-order valence-corrected chi connectivity index (χ1v) is 7.36. The normalized spacial score (nSPS) is 10.6. The second kappa shape index (κ2) is 10.7. The molecule has 0 saturated heterocycles. The van der Waals surface area contributed by atoms with Gasteiger partial charge in [-0.3, -0.25) is 0 Å². The summed E-state index contributed by atoms with van der Waals surface area (Å²) in [7, 11) is 1.29. The molecule has 0 bridgehead atoms. The lowest BCUT2D eigenvalue weighted by molar-refractivity contribution is 0.171. The Labute approximate surface area is 126 Å². The van der Waals surface area contributed by atoms with E-state index in [1.807, 2.05) is 24.3 Å². The van der Waals surface area contributed by atoms with Crippen LogP contribution in [0.1, 0.15) is 44.6 Å². The summed E-state index contributed by atoms with van der Waals surface area (Å²) in [6, 6.07) is 7.56. The molecule has 116 valence electrons. The van der Waals surface area contributed by atoms with E-state index in [0.717, 1.165) is 24.3 Å². The second-order valence-corrected chi connectivity index (χ2v) is 4.69. The van der Waals surface area contributed by atoms with Crippen LogP contribution in [0.25, 0.3) is 0 Å². The monoisotopic (exact) mass is 292 g/mol. The fourth-order valence-corrected chi connectivity index (χ4v) is 1.75. The predicted octanol–water partition coefficient (Wildman–Crippen LogP) is 3.73. The molecule has 1 N–H and O–H groups in total. The van der Waals surface area contributed by atoms with Gasteiger partial charge in [0.2, 0.25) is 0 Å². The maximum Gasteiger partial charge on any atom is 0.427 e. The zero-order valence-corrected chi connectivity index (χ0v) is 12.8. The van der Waals surface area contributed by atoms with Crippen molar-refractivity contribution in [1.82, 2.24) is 5.43 Å². The number of nitrogens with zero attached hydrogens (tertiary/aromatic N) is 1. The standard InChI is InChI=1S/C16H24N2O3/c1-3-4-5-6-7-12-21-15-10-8-14(9-11-15)13-17-18-16(19)20-2/h8-11,13H,3-7,12H2,1-2H3,(H,18,19)/b17-13+. The van der Waals surface area contributed by atoms with E-state index in [9.17, 15) is 4.79 Å². The number of nitrogens with one attached hydrogen (secondary N) is 1. The van der Waals surface area contributed by atoms with Crippen molar-refractivity contribution in [2.45, 2.75) is 39.0 Å². The van der Waals surface area contributed by atoms with Crippen LogP contribution in [0.4, 0.5) is 4.79 Å². The van der Waals surface area contributed by atoms with Gasteiger partial charge in [0.15, 0.2) is 0 Å². The first kappa shape index (κ1) is 17.0. The van der Waals surface area contributed by atoms with Crippen molar-refractivity contribution >= 4 is 12.3 Å². The van der Waals surface area contributed by atoms with E-state index in [-0.39, 0.29) is 0 Å². The highest BCUT2D eigenvalue weighted by atomic mass is 16.5. The van der Waals surface area contributed by atoms with Crippen LogP contribution < -0.4 is 10.2 Å². The zero-order valence-electron chi connectivity index (χ0n) is 12.8. The third-order valence-corrected chi connectivity index (χ3v) is 2.95. The third-order valence-electron chi connectivity index (χ3n) is 2.95. The molecule has 1 rings (SSSR count). The number of hydrazone groups is 1. The van der Waals surface area contributed by atoms with Gasteiger partial charge in [0.1, 0.15) is 5.75 Å². The van der Waals surface area contributed by atoms with E-state index in [4.69, 9.17) is 4.74 Å². The van der Waals surface area contributed by atoms with Crippen LogP contribution in [0, 0.1) is 0 Å². The Morgan fingerprint density at radius 2 is 1.90 bits per heavy atom. The molecule has 0 aromatic heterocycles. The van der Waals surface area contributed by atoms with Gasteiger partial charge in [0.25, 0.3) is 0 Å². The summed E-state index contributed by atoms with van der Waals surface area (Å²) in [6.07, 6.45) is 7.11. The Kier molecular flexibility index (Phi) is 8.68. The van der Waals surface area contributed by atoms with Crippen LogP contribution in [0.5, 0.6) is 5.75 Å². The molecule has 21 heavy (non-hydrogen) atoms. The third kappa shape index (κ3) is 7.97. The van der Waals surface area contributed by atoms with Crippen LogP contribution in [0.2, 0.25) is 0 Å². The number of methoxy groups -OCH3 is 1. The van der Waals surface area contributed by atoms with Crippen LogP contribution in [-0.4, -0.2) is 26.0 Å². The van der Waals surface area contributed by atoms with Crippen molar-refractivity contribution in [3.63, 3.8) is 0 Å². The Balaban J connectivity index is 2.25. The number of hydrogen-bond acceptors (Lipinski definition) is 4. The smallest absolute Gasteiger partial charge is 0.427 e. The van der Waals surface area contributed by atoms with Crippen LogP contribution in [0.3, 0.4) is 0 Å². The minimum absolute atomic E-state index is 0.589. The molecule has 0 unspecified atom stereocenters. The average molecular weight is 292 g/mol. The van der Waals surface area contributed by atoms with Crippen LogP contribution in [0.15, 0.2) is 29.4 Å². The summed E-state index contributed by atoms with van der Waals surface area (Å²) in [5.41, 5.74) is 3.11. The molecule has 0 saturated carbocycles. The van der Waals surface area contributed by atoms with Crippen molar-refractivity contribution in [1.29, 1.82) is 0 Å².